The Hall–Kier alpha value is -1.55. The standard InChI is InChI=1S/C12H10N/c1-2-9-4-3-5-11(10-6-7-10)12(9)8-13/h3-5,10H,1,6-7H2. The van der Waals surface area contributed by atoms with E-state index in [0.717, 1.165) is 11.1 Å². The summed E-state index contributed by atoms with van der Waals surface area (Å²) >= 11 is 0. The van der Waals surface area contributed by atoms with Gasteiger partial charge in [-0.05, 0) is 36.0 Å². The second kappa shape index (κ2) is 3.06. The number of hydrogen-bond donors (Lipinski definition) is 0. The van der Waals surface area contributed by atoms with Gasteiger partial charge >= 0.3 is 0 Å². The van der Waals surface area contributed by atoms with E-state index < -0.39 is 0 Å². The third kappa shape index (κ3) is 1.36. The summed E-state index contributed by atoms with van der Waals surface area (Å²) in [4.78, 5) is 0. The smallest absolute Gasteiger partial charge is 0.100 e. The molecule has 1 radical (unpaired) electrons. The molecule has 1 aliphatic carbocycles. The average Bonchev–Trinajstić information content (AvgIpc) is 2.99. The molecule has 0 spiro atoms. The van der Waals surface area contributed by atoms with Crippen LogP contribution in [0.25, 0.3) is 0 Å². The van der Waals surface area contributed by atoms with Gasteiger partial charge in [0.2, 0.25) is 0 Å². The lowest BCUT2D eigenvalue weighted by Crippen LogP contribution is -1.90. The maximum atomic E-state index is 8.99. The molecule has 0 aliphatic heterocycles. The third-order valence-electron chi connectivity index (χ3n) is 2.42. The van der Waals surface area contributed by atoms with E-state index in [0.29, 0.717) is 5.92 Å². The van der Waals surface area contributed by atoms with Crippen LogP contribution in [0.3, 0.4) is 0 Å². The predicted molar refractivity (Wildman–Crippen MR) is 51.1 cm³/mol. The van der Waals surface area contributed by atoms with Gasteiger partial charge in [0.15, 0.2) is 0 Å². The topological polar surface area (TPSA) is 23.8 Å². The van der Waals surface area contributed by atoms with Gasteiger partial charge in [0.05, 0.1) is 5.56 Å². The fraction of sp³-hybridized carbons (Fsp3) is 0.250. The first-order chi connectivity index (χ1) is 6.36. The van der Waals surface area contributed by atoms with E-state index in [9.17, 15) is 0 Å². The Kier molecular flexibility index (Phi) is 1.90. The van der Waals surface area contributed by atoms with Gasteiger partial charge in [-0.3, -0.25) is 0 Å². The Morgan fingerprint density at radius 2 is 2.15 bits per heavy atom. The van der Waals surface area contributed by atoms with Gasteiger partial charge in [0.25, 0.3) is 0 Å². The number of benzene rings is 1. The van der Waals surface area contributed by atoms with Crippen molar-refractivity contribution in [2.24, 2.45) is 0 Å². The molecule has 0 atom stereocenters. The fourth-order valence-electron chi connectivity index (χ4n) is 1.58. The lowest BCUT2D eigenvalue weighted by molar-refractivity contribution is 1.11. The zero-order valence-electron chi connectivity index (χ0n) is 7.38. The van der Waals surface area contributed by atoms with Crippen LogP contribution in [0.2, 0.25) is 0 Å². The maximum absolute atomic E-state index is 8.99. The minimum Gasteiger partial charge on any atom is -0.192 e. The van der Waals surface area contributed by atoms with Crippen molar-refractivity contribution in [3.05, 3.63) is 47.5 Å². The van der Waals surface area contributed by atoms with Crippen LogP contribution in [0.4, 0.5) is 0 Å². The Morgan fingerprint density at radius 1 is 1.38 bits per heavy atom. The Bertz CT molecular complexity index is 381. The third-order valence-corrected chi connectivity index (χ3v) is 2.42. The number of nitrogens with zero attached hydrogens (tertiary/aromatic N) is 1. The molecule has 1 aromatic rings. The molecule has 0 bridgehead atoms. The van der Waals surface area contributed by atoms with Crippen LogP contribution >= 0.6 is 0 Å². The molecular formula is C12H10N. The molecule has 2 rings (SSSR count). The summed E-state index contributed by atoms with van der Waals surface area (Å²) in [6, 6.07) is 8.13. The van der Waals surface area contributed by atoms with E-state index in [1.165, 1.54) is 18.4 Å². The Balaban J connectivity index is 2.55. The molecular weight excluding hydrogens is 158 g/mol. The minimum atomic E-state index is 0.614. The summed E-state index contributed by atoms with van der Waals surface area (Å²) < 4.78 is 0. The van der Waals surface area contributed by atoms with Crippen molar-refractivity contribution in [2.45, 2.75) is 18.8 Å². The SMILES string of the molecule is C=[C]c1cccc(C2CC2)c1C#N. The molecule has 0 unspecified atom stereocenters. The van der Waals surface area contributed by atoms with E-state index in [1.807, 2.05) is 18.2 Å². The first-order valence-electron chi connectivity index (χ1n) is 4.43. The summed E-state index contributed by atoms with van der Waals surface area (Å²) in [6.07, 6.45) is 5.23. The van der Waals surface area contributed by atoms with Gasteiger partial charge in [-0.1, -0.05) is 24.8 Å². The molecule has 1 saturated carbocycles. The molecule has 0 aromatic heterocycles. The zero-order chi connectivity index (χ0) is 9.26. The van der Waals surface area contributed by atoms with E-state index in [-0.39, 0.29) is 0 Å². The second-order valence-electron chi connectivity index (χ2n) is 3.33. The summed E-state index contributed by atoms with van der Waals surface area (Å²) in [5.41, 5.74) is 2.78. The van der Waals surface area contributed by atoms with Crippen molar-refractivity contribution in [3.8, 4) is 6.07 Å². The quantitative estimate of drug-likeness (QED) is 0.666. The lowest BCUT2D eigenvalue weighted by Gasteiger charge is -2.03. The van der Waals surface area contributed by atoms with Crippen molar-refractivity contribution in [1.82, 2.24) is 0 Å². The molecule has 63 valence electrons. The van der Waals surface area contributed by atoms with Gasteiger partial charge in [-0.15, -0.1) is 0 Å². The van der Waals surface area contributed by atoms with Crippen molar-refractivity contribution in [2.75, 3.05) is 0 Å². The second-order valence-corrected chi connectivity index (χ2v) is 3.33. The van der Waals surface area contributed by atoms with E-state index >= 15 is 0 Å². The van der Waals surface area contributed by atoms with Crippen LogP contribution < -0.4 is 0 Å². The molecule has 1 fully saturated rings. The van der Waals surface area contributed by atoms with Crippen molar-refractivity contribution in [3.63, 3.8) is 0 Å². The van der Waals surface area contributed by atoms with E-state index in [4.69, 9.17) is 5.26 Å². The van der Waals surface area contributed by atoms with Crippen LogP contribution in [0.5, 0.6) is 0 Å². The average molecular weight is 168 g/mol. The highest BCUT2D eigenvalue weighted by Gasteiger charge is 2.26. The van der Waals surface area contributed by atoms with Crippen LogP contribution in [0.1, 0.15) is 35.4 Å². The molecule has 1 nitrogen and oxygen atoms in total. The maximum Gasteiger partial charge on any atom is 0.100 e. The Labute approximate surface area is 78.3 Å². The highest BCUT2D eigenvalue weighted by Crippen LogP contribution is 2.42. The summed E-state index contributed by atoms with van der Waals surface area (Å²) in [5, 5.41) is 8.99. The monoisotopic (exact) mass is 168 g/mol. The van der Waals surface area contributed by atoms with E-state index in [2.05, 4.69) is 18.7 Å². The van der Waals surface area contributed by atoms with Crippen molar-refractivity contribution in [1.29, 1.82) is 5.26 Å². The summed E-state index contributed by atoms with van der Waals surface area (Å²) in [5.74, 6) is 0.614. The number of hydrogen-bond acceptors (Lipinski definition) is 1. The fourth-order valence-corrected chi connectivity index (χ4v) is 1.58. The molecule has 0 saturated heterocycles. The molecule has 0 N–H and O–H groups in total. The molecule has 1 aromatic carbocycles. The van der Waals surface area contributed by atoms with Crippen LogP contribution in [0.15, 0.2) is 24.8 Å². The van der Waals surface area contributed by atoms with Crippen LogP contribution in [-0.2, 0) is 0 Å². The van der Waals surface area contributed by atoms with Crippen molar-refractivity contribution >= 4 is 0 Å². The highest BCUT2D eigenvalue weighted by molar-refractivity contribution is 5.49. The molecule has 0 amide bonds. The minimum absolute atomic E-state index is 0.614. The van der Waals surface area contributed by atoms with E-state index in [1.54, 1.807) is 0 Å². The Morgan fingerprint density at radius 3 is 2.69 bits per heavy atom. The van der Waals surface area contributed by atoms with Crippen molar-refractivity contribution < 1.29 is 0 Å². The zero-order valence-corrected chi connectivity index (χ0v) is 7.38. The molecule has 13 heavy (non-hydrogen) atoms. The highest BCUT2D eigenvalue weighted by atomic mass is 14.3. The number of nitriles is 1. The summed E-state index contributed by atoms with van der Waals surface area (Å²) in [7, 11) is 0. The normalized spacial score (nSPS) is 15.0. The van der Waals surface area contributed by atoms with Gasteiger partial charge < -0.3 is 0 Å². The van der Waals surface area contributed by atoms with Gasteiger partial charge in [-0.2, -0.15) is 5.26 Å². The summed E-state index contributed by atoms with van der Waals surface area (Å²) in [6.45, 7) is 3.58. The van der Waals surface area contributed by atoms with Crippen LogP contribution in [-0.4, -0.2) is 0 Å². The first kappa shape index (κ1) is 8.07. The molecule has 0 heterocycles. The largest absolute Gasteiger partial charge is 0.192 e. The predicted octanol–water partition coefficient (Wildman–Crippen LogP) is 2.77. The lowest BCUT2D eigenvalue weighted by atomic mass is 9.99. The number of rotatable bonds is 2. The van der Waals surface area contributed by atoms with Gasteiger partial charge in [-0.25, -0.2) is 0 Å². The molecule has 1 aliphatic rings. The van der Waals surface area contributed by atoms with Gasteiger partial charge in [0.1, 0.15) is 6.07 Å². The molecule has 1 heteroatoms. The first-order valence-corrected chi connectivity index (χ1v) is 4.43. The van der Waals surface area contributed by atoms with Gasteiger partial charge in [0, 0.05) is 0 Å². The van der Waals surface area contributed by atoms with Crippen LogP contribution in [0, 0.1) is 17.4 Å².